The van der Waals surface area contributed by atoms with Crippen LogP contribution in [0.15, 0.2) is 18.2 Å². The van der Waals surface area contributed by atoms with Crippen LogP contribution in [-0.4, -0.2) is 10.7 Å². The second kappa shape index (κ2) is 6.66. The van der Waals surface area contributed by atoms with E-state index < -0.39 is 11.6 Å². The summed E-state index contributed by atoms with van der Waals surface area (Å²) in [4.78, 5) is 0. The molecule has 1 aromatic carbocycles. The molecule has 0 radical (unpaired) electrons. The van der Waals surface area contributed by atoms with E-state index in [1.807, 2.05) is 0 Å². The molecule has 0 amide bonds. The van der Waals surface area contributed by atoms with Gasteiger partial charge in [-0.3, -0.25) is 0 Å². The predicted molar refractivity (Wildman–Crippen MR) is 82.0 cm³/mol. The summed E-state index contributed by atoms with van der Waals surface area (Å²) in [5, 5.41) is 1.77. The quantitative estimate of drug-likeness (QED) is 0.579. The molecule has 0 N–H and O–H groups in total. The summed E-state index contributed by atoms with van der Waals surface area (Å²) in [6.07, 6.45) is 5.82. The normalized spacial score (nSPS) is 17.1. The minimum atomic E-state index is -0.770. The molecule has 19 heavy (non-hydrogen) atoms. The molecule has 0 spiro atoms. The Balaban J connectivity index is 2.21. The fourth-order valence-electron chi connectivity index (χ4n) is 3.09. The van der Waals surface area contributed by atoms with Gasteiger partial charge in [0, 0.05) is 10.7 Å². The zero-order chi connectivity index (χ0) is 13.9. The van der Waals surface area contributed by atoms with Crippen molar-refractivity contribution in [3.8, 4) is 0 Å². The first kappa shape index (κ1) is 15.4. The lowest BCUT2D eigenvalue weighted by Gasteiger charge is -2.36. The van der Waals surface area contributed by atoms with Crippen LogP contribution in [0.3, 0.4) is 0 Å². The van der Waals surface area contributed by atoms with Crippen LogP contribution in [0.1, 0.15) is 31.2 Å². The fourth-order valence-corrected chi connectivity index (χ4v) is 5.33. The Morgan fingerprint density at radius 1 is 1.05 bits per heavy atom. The smallest absolute Gasteiger partial charge is 0.159 e. The van der Waals surface area contributed by atoms with Crippen molar-refractivity contribution in [3.63, 3.8) is 0 Å². The Morgan fingerprint density at radius 3 is 2.21 bits per heavy atom. The number of benzene rings is 1. The molecule has 0 atom stereocenters. The number of halogens is 4. The molecule has 0 aromatic heterocycles. The van der Waals surface area contributed by atoms with Crippen LogP contribution in [-0.2, 0) is 6.42 Å². The topological polar surface area (TPSA) is 0 Å². The Labute approximate surface area is 130 Å². The molecule has 4 heteroatoms. The van der Waals surface area contributed by atoms with Gasteiger partial charge in [0.1, 0.15) is 0 Å². The predicted octanol–water partition coefficient (Wildman–Crippen LogP) is 5.47. The lowest BCUT2D eigenvalue weighted by atomic mass is 9.73. The summed E-state index contributed by atoms with van der Waals surface area (Å²) in [5.74, 6) is -0.866. The van der Waals surface area contributed by atoms with E-state index in [1.54, 1.807) is 6.07 Å². The van der Waals surface area contributed by atoms with E-state index in [0.717, 1.165) is 22.6 Å². The molecule has 106 valence electrons. The molecule has 1 fully saturated rings. The Kier molecular flexibility index (Phi) is 5.41. The highest BCUT2D eigenvalue weighted by atomic mass is 79.9. The van der Waals surface area contributed by atoms with Crippen LogP contribution in [0, 0.1) is 23.0 Å². The summed E-state index contributed by atoms with van der Waals surface area (Å²) in [6.45, 7) is 0. The summed E-state index contributed by atoms with van der Waals surface area (Å²) in [7, 11) is 0. The highest BCUT2D eigenvalue weighted by Gasteiger charge is 2.38. The van der Waals surface area contributed by atoms with Crippen molar-refractivity contribution in [1.29, 1.82) is 0 Å². The third-order valence-corrected chi connectivity index (χ3v) is 6.53. The van der Waals surface area contributed by atoms with E-state index >= 15 is 0 Å². The largest absolute Gasteiger partial charge is 0.204 e. The number of alkyl halides is 2. The molecule has 1 aliphatic rings. The minimum Gasteiger partial charge on any atom is -0.204 e. The summed E-state index contributed by atoms with van der Waals surface area (Å²) in [6, 6.07) is 4.27. The molecule has 1 saturated carbocycles. The van der Waals surface area contributed by atoms with E-state index in [0.29, 0.717) is 5.92 Å². The average Bonchev–Trinajstić information content (AvgIpc) is 2.95. The van der Waals surface area contributed by atoms with E-state index in [4.69, 9.17) is 0 Å². The SMILES string of the molecule is Fc1ccc(CC(CBr)(CBr)C2CCCC2)cc1F. The molecule has 0 bridgehead atoms. The van der Waals surface area contributed by atoms with Crippen molar-refractivity contribution in [1.82, 2.24) is 0 Å². The molecule has 0 saturated heterocycles. The van der Waals surface area contributed by atoms with Gasteiger partial charge >= 0.3 is 0 Å². The van der Waals surface area contributed by atoms with E-state index in [2.05, 4.69) is 31.9 Å². The maximum atomic E-state index is 13.3. The van der Waals surface area contributed by atoms with Crippen molar-refractivity contribution in [2.75, 3.05) is 10.7 Å². The molecule has 0 nitrogen and oxygen atoms in total. The van der Waals surface area contributed by atoms with E-state index in [9.17, 15) is 8.78 Å². The summed E-state index contributed by atoms with van der Waals surface area (Å²) < 4.78 is 26.3. The van der Waals surface area contributed by atoms with Crippen molar-refractivity contribution in [2.24, 2.45) is 11.3 Å². The van der Waals surface area contributed by atoms with Crippen molar-refractivity contribution in [3.05, 3.63) is 35.4 Å². The van der Waals surface area contributed by atoms with Crippen LogP contribution < -0.4 is 0 Å². The zero-order valence-corrected chi connectivity index (χ0v) is 13.9. The van der Waals surface area contributed by atoms with Gasteiger partial charge < -0.3 is 0 Å². The number of hydrogen-bond donors (Lipinski definition) is 0. The molecule has 0 aliphatic heterocycles. The third-order valence-electron chi connectivity index (χ3n) is 4.29. The average molecular weight is 396 g/mol. The standard InChI is InChI=1S/C15H18Br2F2/c16-9-15(10-17,12-3-1-2-4-12)8-11-5-6-13(18)14(19)7-11/h5-7,12H,1-4,8-10H2. The molecule has 1 aliphatic carbocycles. The first-order valence-corrected chi connectivity index (χ1v) is 8.91. The Hall–Kier alpha value is 0.0400. The molecule has 0 heterocycles. The van der Waals surface area contributed by atoms with Crippen molar-refractivity contribution in [2.45, 2.75) is 32.1 Å². The van der Waals surface area contributed by atoms with Gasteiger partial charge in [0.05, 0.1) is 0 Å². The van der Waals surface area contributed by atoms with Gasteiger partial charge in [0.2, 0.25) is 0 Å². The van der Waals surface area contributed by atoms with Crippen LogP contribution in [0.5, 0.6) is 0 Å². The monoisotopic (exact) mass is 394 g/mol. The summed E-state index contributed by atoms with van der Waals surface area (Å²) in [5.41, 5.74) is 0.977. The maximum absolute atomic E-state index is 13.3. The summed E-state index contributed by atoms with van der Waals surface area (Å²) >= 11 is 7.27. The van der Waals surface area contributed by atoms with Gasteiger partial charge in [-0.15, -0.1) is 0 Å². The molecule has 1 aromatic rings. The van der Waals surface area contributed by atoms with Gasteiger partial charge in [-0.25, -0.2) is 8.78 Å². The number of rotatable bonds is 5. The Morgan fingerprint density at radius 2 is 1.68 bits per heavy atom. The fraction of sp³-hybridized carbons (Fsp3) is 0.600. The van der Waals surface area contributed by atoms with Crippen LogP contribution in [0.2, 0.25) is 0 Å². The van der Waals surface area contributed by atoms with Gasteiger partial charge in [-0.2, -0.15) is 0 Å². The van der Waals surface area contributed by atoms with Crippen LogP contribution in [0.25, 0.3) is 0 Å². The molecule has 2 rings (SSSR count). The van der Waals surface area contributed by atoms with Gasteiger partial charge in [0.25, 0.3) is 0 Å². The Bertz CT molecular complexity index is 424. The molecule has 0 unspecified atom stereocenters. The lowest BCUT2D eigenvalue weighted by Crippen LogP contribution is -2.35. The highest BCUT2D eigenvalue weighted by Crippen LogP contribution is 2.44. The number of hydrogen-bond acceptors (Lipinski definition) is 0. The van der Waals surface area contributed by atoms with Crippen molar-refractivity contribution >= 4 is 31.9 Å². The van der Waals surface area contributed by atoms with Crippen LogP contribution >= 0.6 is 31.9 Å². The lowest BCUT2D eigenvalue weighted by molar-refractivity contribution is 0.232. The second-order valence-electron chi connectivity index (χ2n) is 5.54. The molecular formula is C15H18Br2F2. The maximum Gasteiger partial charge on any atom is 0.159 e. The first-order chi connectivity index (χ1) is 9.11. The minimum absolute atomic E-state index is 0.0980. The van der Waals surface area contributed by atoms with E-state index in [1.165, 1.54) is 37.8 Å². The van der Waals surface area contributed by atoms with Crippen LogP contribution in [0.4, 0.5) is 8.78 Å². The zero-order valence-electron chi connectivity index (χ0n) is 10.8. The van der Waals surface area contributed by atoms with Crippen molar-refractivity contribution < 1.29 is 8.78 Å². The first-order valence-electron chi connectivity index (χ1n) is 6.67. The molecular weight excluding hydrogens is 378 g/mol. The van der Waals surface area contributed by atoms with Gasteiger partial charge in [-0.05, 0) is 48.3 Å². The van der Waals surface area contributed by atoms with E-state index in [-0.39, 0.29) is 5.41 Å². The second-order valence-corrected chi connectivity index (χ2v) is 6.66. The highest BCUT2D eigenvalue weighted by molar-refractivity contribution is 9.09. The van der Waals surface area contributed by atoms with Gasteiger partial charge in [-0.1, -0.05) is 50.8 Å². The van der Waals surface area contributed by atoms with Gasteiger partial charge in [0.15, 0.2) is 11.6 Å². The third kappa shape index (κ3) is 3.38.